The van der Waals surface area contributed by atoms with Crippen molar-refractivity contribution in [1.82, 2.24) is 4.98 Å². The van der Waals surface area contributed by atoms with E-state index in [2.05, 4.69) is 16.4 Å². The Bertz CT molecular complexity index is 605. The van der Waals surface area contributed by atoms with Gasteiger partial charge in [-0.25, -0.2) is 4.98 Å². The summed E-state index contributed by atoms with van der Waals surface area (Å²) >= 11 is 17.8. The predicted octanol–water partition coefficient (Wildman–Crippen LogP) is 4.80. The fourth-order valence-corrected chi connectivity index (χ4v) is 2.31. The summed E-state index contributed by atoms with van der Waals surface area (Å²) in [6, 6.07) is 9.63. The van der Waals surface area contributed by atoms with E-state index in [1.165, 1.54) is 0 Å². The van der Waals surface area contributed by atoms with Gasteiger partial charge < -0.3 is 10.1 Å². The molecule has 2 rings (SSSR count). The molecule has 0 saturated carbocycles. The minimum Gasteiger partial charge on any atom is -0.380 e. The van der Waals surface area contributed by atoms with Gasteiger partial charge in [-0.05, 0) is 17.2 Å². The lowest BCUT2D eigenvalue weighted by atomic mass is 10.1. The summed E-state index contributed by atoms with van der Waals surface area (Å²) in [6.07, 6.45) is 0. The molecule has 0 atom stereocenters. The summed E-state index contributed by atoms with van der Waals surface area (Å²) < 4.78 is 5.11. The van der Waals surface area contributed by atoms with Gasteiger partial charge in [-0.1, -0.05) is 59.1 Å². The molecule has 0 bridgehead atoms. The highest BCUT2D eigenvalue weighted by molar-refractivity contribution is 6.42. The zero-order valence-electron chi connectivity index (χ0n) is 10.8. The summed E-state index contributed by atoms with van der Waals surface area (Å²) in [5.41, 5.74) is 2.21. The highest BCUT2D eigenvalue weighted by Crippen LogP contribution is 2.29. The lowest BCUT2D eigenvalue weighted by molar-refractivity contribution is 0.185. The monoisotopic (exact) mass is 330 g/mol. The number of ether oxygens (including phenoxy) is 1. The van der Waals surface area contributed by atoms with E-state index in [9.17, 15) is 0 Å². The fraction of sp³-hybridized carbons (Fsp3) is 0.214. The number of benzene rings is 1. The second-order valence-electron chi connectivity index (χ2n) is 4.20. The van der Waals surface area contributed by atoms with E-state index in [1.54, 1.807) is 13.2 Å². The third kappa shape index (κ3) is 4.00. The molecule has 2 aromatic rings. The maximum atomic E-state index is 6.06. The first-order valence-electron chi connectivity index (χ1n) is 5.92. The third-order valence-corrected chi connectivity index (χ3v) is 3.61. The lowest BCUT2D eigenvalue weighted by Crippen LogP contribution is -2.03. The molecule has 0 unspecified atom stereocenters. The summed E-state index contributed by atoms with van der Waals surface area (Å²) in [6.45, 7) is 1.17. The molecule has 0 amide bonds. The maximum Gasteiger partial charge on any atom is 0.150 e. The predicted molar refractivity (Wildman–Crippen MR) is 83.7 cm³/mol. The number of hydrogen-bond donors (Lipinski definition) is 1. The van der Waals surface area contributed by atoms with Crippen LogP contribution in [-0.4, -0.2) is 12.1 Å². The van der Waals surface area contributed by atoms with Crippen molar-refractivity contribution >= 4 is 40.6 Å². The van der Waals surface area contributed by atoms with Gasteiger partial charge in [0.25, 0.3) is 0 Å². The number of pyridine rings is 1. The number of methoxy groups -OCH3 is 1. The van der Waals surface area contributed by atoms with Crippen molar-refractivity contribution < 1.29 is 4.74 Å². The van der Waals surface area contributed by atoms with Gasteiger partial charge in [-0.15, -0.1) is 0 Å². The average Bonchev–Trinajstić information content (AvgIpc) is 2.42. The van der Waals surface area contributed by atoms with Crippen LogP contribution in [0, 0.1) is 0 Å². The molecule has 106 valence electrons. The molecule has 1 heterocycles. The van der Waals surface area contributed by atoms with E-state index in [-0.39, 0.29) is 5.15 Å². The van der Waals surface area contributed by atoms with Crippen LogP contribution in [0.2, 0.25) is 15.2 Å². The second-order valence-corrected chi connectivity index (χ2v) is 5.37. The van der Waals surface area contributed by atoms with Crippen molar-refractivity contribution in [3.05, 3.63) is 56.7 Å². The maximum absolute atomic E-state index is 6.06. The molecule has 1 aromatic heterocycles. The standard InChI is InChI=1S/C14H13Cl3N2O/c1-20-8-10-4-2-3-9(5-10)7-18-14-12(16)6-11(15)13(17)19-14/h2-6H,7-8H2,1H3,(H,18,19). The Morgan fingerprint density at radius 3 is 2.60 bits per heavy atom. The Balaban J connectivity index is 2.08. The molecule has 0 aliphatic rings. The average molecular weight is 332 g/mol. The number of halogens is 3. The number of nitrogens with zero attached hydrogens (tertiary/aromatic N) is 1. The first-order valence-corrected chi connectivity index (χ1v) is 7.05. The molecular weight excluding hydrogens is 319 g/mol. The van der Waals surface area contributed by atoms with Crippen LogP contribution >= 0.6 is 34.8 Å². The summed E-state index contributed by atoms with van der Waals surface area (Å²) in [7, 11) is 1.67. The van der Waals surface area contributed by atoms with Gasteiger partial charge in [0.1, 0.15) is 11.0 Å². The van der Waals surface area contributed by atoms with Crippen molar-refractivity contribution in [1.29, 1.82) is 0 Å². The van der Waals surface area contributed by atoms with Gasteiger partial charge in [-0.2, -0.15) is 0 Å². The van der Waals surface area contributed by atoms with Gasteiger partial charge in [0.15, 0.2) is 0 Å². The summed E-state index contributed by atoms with van der Waals surface area (Å²) in [4.78, 5) is 4.11. The molecule has 6 heteroatoms. The van der Waals surface area contributed by atoms with Crippen LogP contribution in [0.4, 0.5) is 5.82 Å². The highest BCUT2D eigenvalue weighted by atomic mass is 35.5. The minimum absolute atomic E-state index is 0.228. The molecule has 0 spiro atoms. The number of anilines is 1. The van der Waals surface area contributed by atoms with Gasteiger partial charge in [0.2, 0.25) is 0 Å². The van der Waals surface area contributed by atoms with Gasteiger partial charge in [0, 0.05) is 13.7 Å². The topological polar surface area (TPSA) is 34.1 Å². The highest BCUT2D eigenvalue weighted by Gasteiger charge is 2.07. The summed E-state index contributed by atoms with van der Waals surface area (Å²) in [5, 5.41) is 4.14. The largest absolute Gasteiger partial charge is 0.380 e. The van der Waals surface area contributed by atoms with Crippen LogP contribution in [0.25, 0.3) is 0 Å². The zero-order chi connectivity index (χ0) is 14.5. The molecule has 3 nitrogen and oxygen atoms in total. The lowest BCUT2D eigenvalue weighted by Gasteiger charge is -2.09. The first kappa shape index (κ1) is 15.4. The number of rotatable bonds is 5. The van der Waals surface area contributed by atoms with Gasteiger partial charge in [-0.3, -0.25) is 0 Å². The van der Waals surface area contributed by atoms with Crippen molar-refractivity contribution in [2.45, 2.75) is 13.2 Å². The fourth-order valence-electron chi connectivity index (χ4n) is 1.75. The van der Waals surface area contributed by atoms with Crippen LogP contribution < -0.4 is 5.32 Å². The van der Waals surface area contributed by atoms with E-state index in [0.717, 1.165) is 11.1 Å². The molecule has 0 aliphatic carbocycles. The molecular formula is C14H13Cl3N2O. The minimum atomic E-state index is 0.228. The van der Waals surface area contributed by atoms with E-state index < -0.39 is 0 Å². The van der Waals surface area contributed by atoms with Crippen molar-refractivity contribution in [3.8, 4) is 0 Å². The Morgan fingerprint density at radius 1 is 1.10 bits per heavy atom. The Kier molecular flexibility index (Phi) is 5.49. The van der Waals surface area contributed by atoms with E-state index >= 15 is 0 Å². The zero-order valence-corrected chi connectivity index (χ0v) is 13.1. The molecule has 0 radical (unpaired) electrons. The number of aromatic nitrogens is 1. The SMILES string of the molecule is COCc1cccc(CNc2nc(Cl)c(Cl)cc2Cl)c1. The molecule has 20 heavy (non-hydrogen) atoms. The molecule has 0 fully saturated rings. The normalized spacial score (nSPS) is 10.6. The van der Waals surface area contributed by atoms with E-state index in [4.69, 9.17) is 39.5 Å². The summed E-state index contributed by atoms with van der Waals surface area (Å²) in [5.74, 6) is 0.512. The third-order valence-electron chi connectivity index (χ3n) is 2.65. The van der Waals surface area contributed by atoms with E-state index in [1.807, 2.05) is 18.2 Å². The van der Waals surface area contributed by atoms with Gasteiger partial charge >= 0.3 is 0 Å². The first-order chi connectivity index (χ1) is 9.60. The Morgan fingerprint density at radius 2 is 1.85 bits per heavy atom. The van der Waals surface area contributed by atoms with Crippen LogP contribution in [0.1, 0.15) is 11.1 Å². The van der Waals surface area contributed by atoms with Crippen molar-refractivity contribution in [2.24, 2.45) is 0 Å². The Labute approximate surface area is 132 Å². The van der Waals surface area contributed by atoms with E-state index in [0.29, 0.717) is 29.0 Å². The van der Waals surface area contributed by atoms with Crippen molar-refractivity contribution in [3.63, 3.8) is 0 Å². The number of hydrogen-bond acceptors (Lipinski definition) is 3. The molecule has 0 aliphatic heterocycles. The molecule has 1 N–H and O–H groups in total. The molecule has 0 saturated heterocycles. The van der Waals surface area contributed by atoms with Crippen LogP contribution in [-0.2, 0) is 17.9 Å². The van der Waals surface area contributed by atoms with Crippen molar-refractivity contribution in [2.75, 3.05) is 12.4 Å². The van der Waals surface area contributed by atoms with Crippen LogP contribution in [0.15, 0.2) is 30.3 Å². The molecule has 1 aromatic carbocycles. The van der Waals surface area contributed by atoms with Crippen LogP contribution in [0.3, 0.4) is 0 Å². The van der Waals surface area contributed by atoms with Crippen LogP contribution in [0.5, 0.6) is 0 Å². The second kappa shape index (κ2) is 7.14. The Hall–Kier alpha value is -1.000. The smallest absolute Gasteiger partial charge is 0.150 e. The quantitative estimate of drug-likeness (QED) is 0.799. The van der Waals surface area contributed by atoms with Gasteiger partial charge in [0.05, 0.1) is 16.7 Å². The number of nitrogens with one attached hydrogen (secondary N) is 1.